The van der Waals surface area contributed by atoms with Crippen molar-refractivity contribution >= 4 is 12.1 Å². The molecule has 0 saturated heterocycles. The summed E-state index contributed by atoms with van der Waals surface area (Å²) in [5.41, 5.74) is 0. The first kappa shape index (κ1) is 28.7. The molecule has 30 heavy (non-hydrogen) atoms. The second-order valence-corrected chi connectivity index (χ2v) is 8.37. The Kier molecular flexibility index (Phi) is 20.0. The molecule has 0 bridgehead atoms. The molecule has 0 heterocycles. The van der Waals surface area contributed by atoms with Crippen molar-refractivity contribution in [1.82, 2.24) is 4.90 Å². The number of rotatable bonds is 20. The monoisotopic (exact) mass is 429 g/mol. The molecule has 1 unspecified atom stereocenters. The summed E-state index contributed by atoms with van der Waals surface area (Å²) in [6.07, 6.45) is 14.3. The zero-order valence-electron chi connectivity index (χ0n) is 20.1. The molecule has 6 nitrogen and oxygen atoms in total. The number of carbonyl (C=O) groups excluding carboxylic acids is 2. The molecule has 0 amide bonds. The molecule has 0 fully saturated rings. The van der Waals surface area contributed by atoms with Crippen LogP contribution in [0.5, 0.6) is 0 Å². The lowest BCUT2D eigenvalue weighted by molar-refractivity contribution is -0.144. The number of esters is 1. The van der Waals surface area contributed by atoms with Crippen LogP contribution in [0, 0.1) is 0 Å². The highest BCUT2D eigenvalue weighted by Gasteiger charge is 2.16. The Labute approximate surface area is 185 Å². The van der Waals surface area contributed by atoms with Crippen molar-refractivity contribution in [1.29, 1.82) is 0 Å². The largest absolute Gasteiger partial charge is 0.508 e. The van der Waals surface area contributed by atoms with E-state index in [-0.39, 0.29) is 18.7 Å². The minimum absolute atomic E-state index is 0.191. The molecule has 0 rings (SSSR count). The van der Waals surface area contributed by atoms with E-state index in [1.807, 2.05) is 25.9 Å². The number of likely N-dealkylation sites (N-methyl/N-ethyl adjacent to an activating group) is 1. The van der Waals surface area contributed by atoms with Gasteiger partial charge in [0.2, 0.25) is 0 Å². The summed E-state index contributed by atoms with van der Waals surface area (Å²) in [7, 11) is 3.85. The third-order valence-electron chi connectivity index (χ3n) is 5.06. The van der Waals surface area contributed by atoms with Crippen LogP contribution in [0.1, 0.15) is 104 Å². The van der Waals surface area contributed by atoms with E-state index in [4.69, 9.17) is 14.2 Å². The average molecular weight is 430 g/mol. The van der Waals surface area contributed by atoms with E-state index in [9.17, 15) is 9.59 Å². The Morgan fingerprint density at radius 2 is 1.33 bits per heavy atom. The zero-order chi connectivity index (χ0) is 22.5. The summed E-state index contributed by atoms with van der Waals surface area (Å²) in [5, 5.41) is 0. The standard InChI is InChI=1S/C24H47NO5/c1-5-7-8-9-10-11-12-13-14-15-17-22(18-20-28-23(26)16-6-2)30-24(27)29-21-19-25(3)4/h22H,5-21H2,1-4H3. The fourth-order valence-electron chi connectivity index (χ4n) is 3.18. The Hall–Kier alpha value is -1.30. The van der Waals surface area contributed by atoms with Gasteiger partial charge in [-0.1, -0.05) is 71.6 Å². The highest BCUT2D eigenvalue weighted by atomic mass is 16.7. The number of carbonyl (C=O) groups is 2. The maximum atomic E-state index is 11.9. The van der Waals surface area contributed by atoms with Gasteiger partial charge >= 0.3 is 12.1 Å². The van der Waals surface area contributed by atoms with Crippen molar-refractivity contribution in [3.05, 3.63) is 0 Å². The third kappa shape index (κ3) is 20.0. The van der Waals surface area contributed by atoms with Gasteiger partial charge in [-0.3, -0.25) is 4.79 Å². The molecule has 0 aliphatic heterocycles. The van der Waals surface area contributed by atoms with Crippen LogP contribution >= 0.6 is 0 Å². The third-order valence-corrected chi connectivity index (χ3v) is 5.06. The van der Waals surface area contributed by atoms with Gasteiger partial charge in [0.05, 0.1) is 6.61 Å². The van der Waals surface area contributed by atoms with Crippen molar-refractivity contribution in [3.8, 4) is 0 Å². The van der Waals surface area contributed by atoms with Gasteiger partial charge in [0.1, 0.15) is 12.7 Å². The average Bonchev–Trinajstić information content (AvgIpc) is 2.69. The minimum atomic E-state index is -0.631. The lowest BCUT2D eigenvalue weighted by Crippen LogP contribution is -2.24. The van der Waals surface area contributed by atoms with Gasteiger partial charge in [-0.15, -0.1) is 0 Å². The van der Waals surface area contributed by atoms with Gasteiger partial charge in [0.15, 0.2) is 0 Å². The van der Waals surface area contributed by atoms with Gasteiger partial charge in [-0.25, -0.2) is 4.79 Å². The highest BCUT2D eigenvalue weighted by molar-refractivity contribution is 5.69. The Morgan fingerprint density at radius 1 is 0.733 bits per heavy atom. The topological polar surface area (TPSA) is 65.1 Å². The Morgan fingerprint density at radius 3 is 1.90 bits per heavy atom. The molecule has 0 aliphatic carbocycles. The number of unbranched alkanes of at least 4 members (excludes halogenated alkanes) is 9. The van der Waals surface area contributed by atoms with Gasteiger partial charge in [0.25, 0.3) is 0 Å². The molecule has 0 aromatic rings. The van der Waals surface area contributed by atoms with Crippen LogP contribution in [0.25, 0.3) is 0 Å². The molecule has 0 spiro atoms. The molecule has 1 atom stereocenters. The maximum absolute atomic E-state index is 11.9. The molecule has 0 aliphatic rings. The smallest absolute Gasteiger partial charge is 0.466 e. The summed E-state index contributed by atoms with van der Waals surface area (Å²) < 4.78 is 15.9. The second-order valence-electron chi connectivity index (χ2n) is 8.37. The van der Waals surface area contributed by atoms with Gasteiger partial charge in [0, 0.05) is 19.4 Å². The second kappa shape index (κ2) is 21.0. The maximum Gasteiger partial charge on any atom is 0.508 e. The van der Waals surface area contributed by atoms with Crippen LogP contribution in [0.4, 0.5) is 4.79 Å². The number of hydrogen-bond donors (Lipinski definition) is 0. The number of ether oxygens (including phenoxy) is 3. The van der Waals surface area contributed by atoms with E-state index in [1.54, 1.807) is 0 Å². The van der Waals surface area contributed by atoms with E-state index in [1.165, 1.54) is 51.4 Å². The fourth-order valence-corrected chi connectivity index (χ4v) is 3.18. The Balaban J connectivity index is 4.06. The predicted octanol–water partition coefficient (Wildman–Crippen LogP) is 6.11. The van der Waals surface area contributed by atoms with Crippen molar-refractivity contribution < 1.29 is 23.8 Å². The first-order valence-corrected chi connectivity index (χ1v) is 12.1. The van der Waals surface area contributed by atoms with E-state index >= 15 is 0 Å². The first-order valence-electron chi connectivity index (χ1n) is 12.1. The molecule has 6 heteroatoms. The quantitative estimate of drug-likeness (QED) is 0.172. The number of nitrogens with zero attached hydrogens (tertiary/aromatic N) is 1. The Bertz CT molecular complexity index is 414. The van der Waals surface area contributed by atoms with Crippen LogP contribution in [-0.2, 0) is 19.0 Å². The minimum Gasteiger partial charge on any atom is -0.466 e. The van der Waals surface area contributed by atoms with Crippen LogP contribution in [0.2, 0.25) is 0 Å². The lowest BCUT2D eigenvalue weighted by atomic mass is 10.0. The summed E-state index contributed by atoms with van der Waals surface area (Å²) >= 11 is 0. The van der Waals surface area contributed by atoms with Gasteiger partial charge < -0.3 is 19.1 Å². The molecule has 0 aromatic carbocycles. The molecule has 0 saturated carbocycles. The van der Waals surface area contributed by atoms with Crippen LogP contribution in [0.3, 0.4) is 0 Å². The summed E-state index contributed by atoms with van der Waals surface area (Å²) in [5.74, 6) is -0.191. The SMILES string of the molecule is CCCCCCCCCCCCC(CCOC(=O)CCC)OC(=O)OCCN(C)C. The van der Waals surface area contributed by atoms with Crippen molar-refractivity contribution in [2.75, 3.05) is 33.9 Å². The fraction of sp³-hybridized carbons (Fsp3) is 0.917. The van der Waals surface area contributed by atoms with Gasteiger partial charge in [-0.05, 0) is 33.4 Å². The molecular formula is C24H47NO5. The zero-order valence-corrected chi connectivity index (χ0v) is 20.1. The van der Waals surface area contributed by atoms with Gasteiger partial charge in [-0.2, -0.15) is 0 Å². The van der Waals surface area contributed by atoms with E-state index < -0.39 is 6.16 Å². The predicted molar refractivity (Wildman–Crippen MR) is 122 cm³/mol. The lowest BCUT2D eigenvalue weighted by Gasteiger charge is -2.18. The van der Waals surface area contributed by atoms with Crippen LogP contribution in [-0.4, -0.2) is 57.0 Å². The molecule has 178 valence electrons. The first-order chi connectivity index (χ1) is 14.5. The molecule has 0 N–H and O–H groups in total. The highest BCUT2D eigenvalue weighted by Crippen LogP contribution is 2.15. The molecule has 0 radical (unpaired) electrons. The summed E-state index contributed by atoms with van der Waals surface area (Å²) in [4.78, 5) is 25.4. The normalized spacial score (nSPS) is 12.0. The van der Waals surface area contributed by atoms with Crippen molar-refractivity contribution in [2.45, 2.75) is 110 Å². The van der Waals surface area contributed by atoms with Crippen LogP contribution in [0.15, 0.2) is 0 Å². The van der Waals surface area contributed by atoms with E-state index in [2.05, 4.69) is 6.92 Å². The van der Waals surface area contributed by atoms with Crippen molar-refractivity contribution in [3.63, 3.8) is 0 Å². The van der Waals surface area contributed by atoms with E-state index in [0.717, 1.165) is 25.7 Å². The van der Waals surface area contributed by atoms with Crippen molar-refractivity contribution in [2.24, 2.45) is 0 Å². The molecular weight excluding hydrogens is 382 g/mol. The van der Waals surface area contributed by atoms with Crippen LogP contribution < -0.4 is 0 Å². The summed E-state index contributed by atoms with van der Waals surface area (Å²) in [6.45, 7) is 5.44. The molecule has 0 aromatic heterocycles. The summed E-state index contributed by atoms with van der Waals surface area (Å²) in [6, 6.07) is 0. The van der Waals surface area contributed by atoms with E-state index in [0.29, 0.717) is 26.0 Å². The number of hydrogen-bond acceptors (Lipinski definition) is 6.